The number of para-hydroxylation sites is 1. The first-order chi connectivity index (χ1) is 17.2. The molecule has 2 heterocycles. The summed E-state index contributed by atoms with van der Waals surface area (Å²) in [5.74, 6) is -0.177. The Labute approximate surface area is 208 Å². The van der Waals surface area contributed by atoms with Gasteiger partial charge in [0.1, 0.15) is 12.1 Å². The number of rotatable bonds is 4. The number of nitrogens with zero attached hydrogens (tertiary/aromatic N) is 3. The minimum absolute atomic E-state index is 0.0602. The molecule has 0 aliphatic heterocycles. The standard InChI is InChI=1S/C17H12N4.C8H10AsNO5/c1-2-6-16-14(5-1)17(20-11-19-16)21-13-7-8-15-12(10-13)4-3-9-18-15;1-5(11)10-6-3-2-4-7(12)8(6)9(13,14)15/h1-11H,(H,19,20,21);2-4,12H,1H3,(H,10,11)(H2,13,14,15). The van der Waals surface area contributed by atoms with Crippen LogP contribution in [0.25, 0.3) is 21.8 Å². The molecule has 2 aromatic heterocycles. The largest absolute Gasteiger partial charge is 0.340 e. The van der Waals surface area contributed by atoms with E-state index >= 15 is 0 Å². The molecular formula is C25H22AsN5O5. The second-order valence-corrected chi connectivity index (χ2v) is 10.9. The summed E-state index contributed by atoms with van der Waals surface area (Å²) in [4.78, 5) is 23.7. The van der Waals surface area contributed by atoms with Gasteiger partial charge in [-0.05, 0) is 36.4 Å². The van der Waals surface area contributed by atoms with Gasteiger partial charge in [0.05, 0.1) is 11.0 Å². The summed E-state index contributed by atoms with van der Waals surface area (Å²) in [6, 6.07) is 21.9. The van der Waals surface area contributed by atoms with E-state index in [0.29, 0.717) is 0 Å². The zero-order valence-corrected chi connectivity index (χ0v) is 20.9. The fraction of sp³-hybridized carbons (Fsp3) is 0.0400. The summed E-state index contributed by atoms with van der Waals surface area (Å²) < 4.78 is 28.6. The van der Waals surface area contributed by atoms with Gasteiger partial charge < -0.3 is 5.32 Å². The van der Waals surface area contributed by atoms with Gasteiger partial charge in [0.15, 0.2) is 0 Å². The molecule has 0 unspecified atom stereocenters. The number of aromatic hydroxyl groups is 1. The van der Waals surface area contributed by atoms with Gasteiger partial charge in [-0.25, -0.2) is 9.97 Å². The molecule has 5 aromatic rings. The number of hydrogen-bond donors (Lipinski definition) is 5. The molecule has 3 aromatic carbocycles. The van der Waals surface area contributed by atoms with Crippen molar-refractivity contribution in [1.29, 1.82) is 0 Å². The van der Waals surface area contributed by atoms with Crippen molar-refractivity contribution in [2.75, 3.05) is 10.6 Å². The molecule has 0 radical (unpaired) electrons. The topological polar surface area (TPSA) is 158 Å². The number of anilines is 3. The molecule has 0 aliphatic carbocycles. The first kappa shape index (κ1) is 24.9. The first-order valence-electron chi connectivity index (χ1n) is 10.7. The summed E-state index contributed by atoms with van der Waals surface area (Å²) in [6.07, 6.45) is 3.38. The number of phenols is 1. The molecular weight excluding hydrogens is 525 g/mol. The Morgan fingerprint density at radius 1 is 0.889 bits per heavy atom. The number of phenolic OH excluding ortho intramolecular Hbond substituents is 1. The van der Waals surface area contributed by atoms with Gasteiger partial charge in [-0.15, -0.1) is 0 Å². The fourth-order valence-electron chi connectivity index (χ4n) is 3.52. The van der Waals surface area contributed by atoms with Gasteiger partial charge in [-0.1, -0.05) is 18.2 Å². The summed E-state index contributed by atoms with van der Waals surface area (Å²) >= 11 is -5.25. The average Bonchev–Trinajstić information content (AvgIpc) is 2.83. The van der Waals surface area contributed by atoms with E-state index in [-0.39, 0.29) is 5.69 Å². The Hall–Kier alpha value is -4.24. The number of pyridine rings is 1. The van der Waals surface area contributed by atoms with Crippen LogP contribution >= 0.6 is 0 Å². The Morgan fingerprint density at radius 3 is 2.47 bits per heavy atom. The van der Waals surface area contributed by atoms with Gasteiger partial charge >= 0.3 is 88.1 Å². The van der Waals surface area contributed by atoms with Crippen LogP contribution in [0.5, 0.6) is 5.75 Å². The summed E-state index contributed by atoms with van der Waals surface area (Å²) in [7, 11) is 0. The van der Waals surface area contributed by atoms with Crippen LogP contribution in [-0.2, 0) is 8.53 Å². The number of fused-ring (bicyclic) bond motifs is 2. The maximum Gasteiger partial charge on any atom is 0.141 e. The third-order valence-electron chi connectivity index (χ3n) is 5.03. The van der Waals surface area contributed by atoms with E-state index < -0.39 is 30.2 Å². The molecule has 0 bridgehead atoms. The molecule has 10 nitrogen and oxygen atoms in total. The maximum atomic E-state index is 11.1. The average molecular weight is 547 g/mol. The fourth-order valence-corrected chi connectivity index (χ4v) is 5.24. The van der Waals surface area contributed by atoms with Crippen molar-refractivity contribution >= 4 is 63.4 Å². The molecule has 0 saturated carbocycles. The van der Waals surface area contributed by atoms with E-state index in [1.165, 1.54) is 19.1 Å². The van der Waals surface area contributed by atoms with Crippen LogP contribution in [0.4, 0.5) is 17.2 Å². The van der Waals surface area contributed by atoms with Crippen LogP contribution in [0.3, 0.4) is 0 Å². The monoisotopic (exact) mass is 547 g/mol. The normalized spacial score (nSPS) is 11.0. The van der Waals surface area contributed by atoms with Crippen LogP contribution in [-0.4, -0.2) is 48.3 Å². The molecule has 36 heavy (non-hydrogen) atoms. The number of benzene rings is 3. The third-order valence-corrected chi connectivity index (χ3v) is 7.23. The van der Waals surface area contributed by atoms with Crippen LogP contribution in [0.2, 0.25) is 0 Å². The van der Waals surface area contributed by atoms with E-state index in [0.717, 1.165) is 39.4 Å². The Morgan fingerprint density at radius 2 is 1.69 bits per heavy atom. The quantitative estimate of drug-likeness (QED) is 0.214. The van der Waals surface area contributed by atoms with Crippen molar-refractivity contribution in [2.45, 2.75) is 6.92 Å². The zero-order chi connectivity index (χ0) is 25.7. The molecule has 5 rings (SSSR count). The molecule has 11 heteroatoms. The van der Waals surface area contributed by atoms with Crippen LogP contribution in [0, 0.1) is 0 Å². The van der Waals surface area contributed by atoms with Crippen molar-refractivity contribution < 1.29 is 21.8 Å². The summed E-state index contributed by atoms with van der Waals surface area (Å²) in [5.41, 5.74) is 2.84. The van der Waals surface area contributed by atoms with Gasteiger partial charge in [0.2, 0.25) is 0 Å². The van der Waals surface area contributed by atoms with E-state index in [1.807, 2.05) is 48.5 Å². The minimum atomic E-state index is -5.25. The molecule has 1 amide bonds. The van der Waals surface area contributed by atoms with E-state index in [9.17, 15) is 13.6 Å². The molecule has 182 valence electrons. The zero-order valence-electron chi connectivity index (χ0n) is 19.0. The molecule has 0 fully saturated rings. The number of hydrogen-bond acceptors (Lipinski definition) is 7. The van der Waals surface area contributed by atoms with Gasteiger partial charge in [0, 0.05) is 22.7 Å². The maximum absolute atomic E-state index is 11.1. The Kier molecular flexibility index (Phi) is 7.30. The Bertz CT molecular complexity index is 1600. The summed E-state index contributed by atoms with van der Waals surface area (Å²) in [6.45, 7) is 1.21. The molecule has 0 saturated heterocycles. The predicted molar refractivity (Wildman–Crippen MR) is 137 cm³/mol. The number of nitrogens with one attached hydrogen (secondary N) is 2. The molecule has 0 aliphatic rings. The van der Waals surface area contributed by atoms with E-state index in [4.69, 9.17) is 8.19 Å². The van der Waals surface area contributed by atoms with Crippen LogP contribution in [0.15, 0.2) is 85.3 Å². The second kappa shape index (κ2) is 10.6. The van der Waals surface area contributed by atoms with Gasteiger partial charge in [-0.3, -0.25) is 4.98 Å². The number of amides is 1. The van der Waals surface area contributed by atoms with Crippen LogP contribution < -0.4 is 15.0 Å². The Balaban J connectivity index is 0.000000181. The number of carbonyl (C=O) groups is 1. The number of aromatic nitrogens is 3. The van der Waals surface area contributed by atoms with Crippen molar-refractivity contribution in [3.05, 3.63) is 85.3 Å². The third kappa shape index (κ3) is 5.87. The SMILES string of the molecule is CC(=O)Nc1cccc(O)c1[As](=O)(O)O.c1cnc2ccc(Nc3ncnc4ccccc34)cc2c1. The van der Waals surface area contributed by atoms with Crippen molar-refractivity contribution in [3.8, 4) is 5.75 Å². The van der Waals surface area contributed by atoms with E-state index in [1.54, 1.807) is 12.5 Å². The minimum Gasteiger partial charge on any atom is -0.340 e. The number of carbonyl (C=O) groups excluding carboxylic acids is 1. The van der Waals surface area contributed by atoms with E-state index in [2.05, 4.69) is 31.7 Å². The smallest absolute Gasteiger partial charge is 0.141 e. The molecule has 5 N–H and O–H groups in total. The van der Waals surface area contributed by atoms with Crippen molar-refractivity contribution in [1.82, 2.24) is 15.0 Å². The second-order valence-electron chi connectivity index (χ2n) is 7.67. The van der Waals surface area contributed by atoms with Gasteiger partial charge in [0.25, 0.3) is 0 Å². The summed E-state index contributed by atoms with van der Waals surface area (Å²) in [5, 5.41) is 17.0. The van der Waals surface area contributed by atoms with Crippen molar-refractivity contribution in [2.24, 2.45) is 0 Å². The van der Waals surface area contributed by atoms with Crippen LogP contribution in [0.1, 0.15) is 6.92 Å². The predicted octanol–water partition coefficient (Wildman–Crippen LogP) is 2.83. The van der Waals surface area contributed by atoms with Gasteiger partial charge in [-0.2, -0.15) is 0 Å². The molecule has 0 atom stereocenters. The first-order valence-corrected chi connectivity index (χ1v) is 14.1. The van der Waals surface area contributed by atoms with Crippen molar-refractivity contribution in [3.63, 3.8) is 0 Å². The molecule has 0 spiro atoms.